The molecule has 3 aromatic rings. The standard InChI is InChI=1S/C23H24ClFN4O/c1-13(23(30)29-22-20(26)10-16(24)12-28-22)14-2-4-15(5-3-14)18-8-9-27-21-7-6-17(25)11-19(18)21/h6-15H,2-5,26H2,1H3,(H,28,29,30)/t13-,14?,15?/m1/s1. The minimum atomic E-state index is -0.245. The van der Waals surface area contributed by atoms with Gasteiger partial charge >= 0.3 is 0 Å². The van der Waals surface area contributed by atoms with Gasteiger partial charge in [0.15, 0.2) is 5.82 Å². The van der Waals surface area contributed by atoms with Gasteiger partial charge in [-0.1, -0.05) is 18.5 Å². The highest BCUT2D eigenvalue weighted by molar-refractivity contribution is 6.30. The molecular weight excluding hydrogens is 403 g/mol. The third kappa shape index (κ3) is 4.24. The van der Waals surface area contributed by atoms with Gasteiger partial charge in [-0.15, -0.1) is 0 Å². The molecule has 2 aromatic heterocycles. The molecule has 0 saturated heterocycles. The first-order chi connectivity index (χ1) is 14.4. The van der Waals surface area contributed by atoms with Crippen LogP contribution in [-0.4, -0.2) is 15.9 Å². The Morgan fingerprint density at radius 3 is 2.70 bits per heavy atom. The fraction of sp³-hybridized carbons (Fsp3) is 0.348. The van der Waals surface area contributed by atoms with Crippen molar-refractivity contribution < 1.29 is 9.18 Å². The molecule has 0 bridgehead atoms. The zero-order valence-corrected chi connectivity index (χ0v) is 17.5. The normalized spacial score (nSPS) is 20.1. The molecule has 1 fully saturated rings. The third-order valence-electron chi connectivity index (χ3n) is 6.20. The molecule has 3 N–H and O–H groups in total. The summed E-state index contributed by atoms with van der Waals surface area (Å²) in [5.74, 6) is 0.476. The van der Waals surface area contributed by atoms with Crippen LogP contribution in [0.15, 0.2) is 42.7 Å². The lowest BCUT2D eigenvalue weighted by Crippen LogP contribution is -2.30. The molecule has 0 unspecified atom stereocenters. The molecule has 4 rings (SSSR count). The Balaban J connectivity index is 1.42. The van der Waals surface area contributed by atoms with E-state index in [1.165, 1.54) is 12.3 Å². The third-order valence-corrected chi connectivity index (χ3v) is 6.40. The van der Waals surface area contributed by atoms with E-state index in [9.17, 15) is 9.18 Å². The number of halogens is 2. The molecule has 0 radical (unpaired) electrons. The van der Waals surface area contributed by atoms with Crippen molar-refractivity contribution in [2.75, 3.05) is 11.1 Å². The lowest BCUT2D eigenvalue weighted by atomic mass is 9.73. The quantitative estimate of drug-likeness (QED) is 0.572. The van der Waals surface area contributed by atoms with E-state index in [0.717, 1.165) is 42.1 Å². The van der Waals surface area contributed by atoms with E-state index in [1.54, 1.807) is 24.4 Å². The van der Waals surface area contributed by atoms with E-state index in [4.69, 9.17) is 17.3 Å². The van der Waals surface area contributed by atoms with Gasteiger partial charge in [-0.3, -0.25) is 9.78 Å². The van der Waals surface area contributed by atoms with Crippen LogP contribution in [0.4, 0.5) is 15.9 Å². The number of rotatable bonds is 4. The first-order valence-corrected chi connectivity index (χ1v) is 10.6. The lowest BCUT2D eigenvalue weighted by Gasteiger charge is -2.32. The molecule has 1 saturated carbocycles. The fourth-order valence-corrected chi connectivity index (χ4v) is 4.60. The van der Waals surface area contributed by atoms with E-state index in [0.29, 0.717) is 22.4 Å². The van der Waals surface area contributed by atoms with E-state index < -0.39 is 0 Å². The number of aromatic nitrogens is 2. The summed E-state index contributed by atoms with van der Waals surface area (Å²) in [4.78, 5) is 21.2. The summed E-state index contributed by atoms with van der Waals surface area (Å²) >= 11 is 5.87. The number of carbonyl (C=O) groups excluding carboxylic acids is 1. The van der Waals surface area contributed by atoms with Crippen molar-refractivity contribution in [2.45, 2.75) is 38.5 Å². The molecule has 0 spiro atoms. The molecule has 7 heteroatoms. The highest BCUT2D eigenvalue weighted by Gasteiger charge is 2.30. The monoisotopic (exact) mass is 426 g/mol. The van der Waals surface area contributed by atoms with Crippen LogP contribution in [0.25, 0.3) is 10.9 Å². The summed E-state index contributed by atoms with van der Waals surface area (Å²) in [5.41, 5.74) is 8.21. The number of nitrogens with one attached hydrogen (secondary N) is 1. The first-order valence-electron chi connectivity index (χ1n) is 10.2. The van der Waals surface area contributed by atoms with E-state index in [-0.39, 0.29) is 23.6 Å². The maximum atomic E-state index is 13.8. The van der Waals surface area contributed by atoms with Gasteiger partial charge in [0, 0.05) is 23.7 Å². The largest absolute Gasteiger partial charge is 0.396 e. The second-order valence-electron chi connectivity index (χ2n) is 8.04. The second kappa shape index (κ2) is 8.56. The molecule has 1 atom stereocenters. The van der Waals surface area contributed by atoms with Crippen LogP contribution in [0.2, 0.25) is 5.02 Å². The summed E-state index contributed by atoms with van der Waals surface area (Å²) in [6.07, 6.45) is 7.04. The predicted octanol–water partition coefficient (Wildman–Crippen LogP) is 5.55. The summed E-state index contributed by atoms with van der Waals surface area (Å²) in [6.45, 7) is 1.95. The average molecular weight is 427 g/mol. The maximum absolute atomic E-state index is 13.8. The van der Waals surface area contributed by atoms with Gasteiger partial charge in [0.25, 0.3) is 0 Å². The summed E-state index contributed by atoms with van der Waals surface area (Å²) in [6, 6.07) is 8.31. The molecule has 1 amide bonds. The number of hydrogen-bond donors (Lipinski definition) is 2. The smallest absolute Gasteiger partial charge is 0.228 e. The number of anilines is 2. The van der Waals surface area contributed by atoms with Crippen molar-refractivity contribution in [3.8, 4) is 0 Å². The Morgan fingerprint density at radius 2 is 1.97 bits per heavy atom. The zero-order chi connectivity index (χ0) is 21.3. The van der Waals surface area contributed by atoms with Gasteiger partial charge in [0.2, 0.25) is 5.91 Å². The number of fused-ring (bicyclic) bond motifs is 1. The van der Waals surface area contributed by atoms with Crippen molar-refractivity contribution in [3.05, 3.63) is 59.1 Å². The van der Waals surface area contributed by atoms with Crippen LogP contribution in [0.5, 0.6) is 0 Å². The molecule has 156 valence electrons. The van der Waals surface area contributed by atoms with Crippen LogP contribution in [-0.2, 0) is 4.79 Å². The number of nitrogen functional groups attached to an aromatic ring is 1. The van der Waals surface area contributed by atoms with E-state index in [1.807, 2.05) is 13.0 Å². The molecule has 1 aromatic carbocycles. The molecule has 1 aliphatic rings. The maximum Gasteiger partial charge on any atom is 0.228 e. The van der Waals surface area contributed by atoms with Crippen molar-refractivity contribution in [2.24, 2.45) is 11.8 Å². The predicted molar refractivity (Wildman–Crippen MR) is 118 cm³/mol. The molecule has 0 aliphatic heterocycles. The summed E-state index contributed by atoms with van der Waals surface area (Å²) in [5, 5.41) is 4.14. The number of amides is 1. The van der Waals surface area contributed by atoms with Gasteiger partial charge in [-0.05, 0) is 73.4 Å². The van der Waals surface area contributed by atoms with Gasteiger partial charge in [-0.2, -0.15) is 0 Å². The van der Waals surface area contributed by atoms with Gasteiger partial charge in [0.1, 0.15) is 5.82 Å². The van der Waals surface area contributed by atoms with Crippen LogP contribution < -0.4 is 11.1 Å². The first kappa shape index (κ1) is 20.5. The van der Waals surface area contributed by atoms with E-state index >= 15 is 0 Å². The van der Waals surface area contributed by atoms with Crippen molar-refractivity contribution in [1.29, 1.82) is 0 Å². The Morgan fingerprint density at radius 1 is 1.20 bits per heavy atom. The number of nitrogens with two attached hydrogens (primary N) is 1. The Bertz CT molecular complexity index is 1080. The number of hydrogen-bond acceptors (Lipinski definition) is 4. The van der Waals surface area contributed by atoms with Crippen molar-refractivity contribution >= 4 is 39.9 Å². The number of carbonyl (C=O) groups is 1. The molecule has 30 heavy (non-hydrogen) atoms. The summed E-state index contributed by atoms with van der Waals surface area (Å²) in [7, 11) is 0. The average Bonchev–Trinajstić information content (AvgIpc) is 2.75. The van der Waals surface area contributed by atoms with Crippen LogP contribution in [0, 0.1) is 17.7 Å². The fourth-order valence-electron chi connectivity index (χ4n) is 4.43. The highest BCUT2D eigenvalue weighted by atomic mass is 35.5. The summed E-state index contributed by atoms with van der Waals surface area (Å²) < 4.78 is 13.8. The highest BCUT2D eigenvalue weighted by Crippen LogP contribution is 2.41. The number of benzene rings is 1. The number of nitrogens with zero attached hydrogens (tertiary/aromatic N) is 2. The number of pyridine rings is 2. The molecular formula is C23H24ClFN4O. The van der Waals surface area contributed by atoms with Gasteiger partial charge in [0.05, 0.1) is 16.2 Å². The Labute approximate surface area is 179 Å². The van der Waals surface area contributed by atoms with E-state index in [2.05, 4.69) is 15.3 Å². The van der Waals surface area contributed by atoms with Gasteiger partial charge < -0.3 is 11.1 Å². The SMILES string of the molecule is C[C@@H](C(=O)Nc1ncc(Cl)cc1N)C1CCC(c2ccnc3ccc(F)cc23)CC1. The van der Waals surface area contributed by atoms with Crippen LogP contribution in [0.1, 0.15) is 44.1 Å². The minimum absolute atomic E-state index is 0.0867. The lowest BCUT2D eigenvalue weighted by molar-refractivity contribution is -0.121. The van der Waals surface area contributed by atoms with Crippen molar-refractivity contribution in [3.63, 3.8) is 0 Å². The van der Waals surface area contributed by atoms with Crippen LogP contribution >= 0.6 is 11.6 Å². The second-order valence-corrected chi connectivity index (χ2v) is 8.48. The Hall–Kier alpha value is -2.73. The molecule has 1 aliphatic carbocycles. The zero-order valence-electron chi connectivity index (χ0n) is 16.7. The molecule has 5 nitrogen and oxygen atoms in total. The van der Waals surface area contributed by atoms with Crippen molar-refractivity contribution in [1.82, 2.24) is 9.97 Å². The van der Waals surface area contributed by atoms with Crippen LogP contribution in [0.3, 0.4) is 0 Å². The minimum Gasteiger partial charge on any atom is -0.396 e. The Kier molecular flexibility index (Phi) is 5.86. The topological polar surface area (TPSA) is 80.9 Å². The molecule has 2 heterocycles. The van der Waals surface area contributed by atoms with Gasteiger partial charge in [-0.25, -0.2) is 9.37 Å².